The van der Waals surface area contributed by atoms with Crippen molar-refractivity contribution in [1.29, 1.82) is 0 Å². The number of carbonyl (C=O) groups excluding carboxylic acids is 2. The molecule has 0 aliphatic carbocycles. The van der Waals surface area contributed by atoms with Crippen LogP contribution < -0.4 is 10.2 Å². The number of rotatable bonds is 7. The van der Waals surface area contributed by atoms with Crippen LogP contribution in [0.4, 0.5) is 5.69 Å². The number of amides is 2. The Morgan fingerprint density at radius 3 is 2.73 bits per heavy atom. The van der Waals surface area contributed by atoms with Crippen LogP contribution in [0.3, 0.4) is 0 Å². The molecule has 0 radical (unpaired) electrons. The molecule has 0 spiro atoms. The number of para-hydroxylation sites is 2. The molecule has 0 unspecified atom stereocenters. The van der Waals surface area contributed by atoms with E-state index >= 15 is 0 Å². The highest BCUT2D eigenvalue weighted by Gasteiger charge is 2.29. The summed E-state index contributed by atoms with van der Waals surface area (Å²) in [6.45, 7) is 1.43. The smallest absolute Gasteiger partial charge is 0.258 e. The largest absolute Gasteiger partial charge is 0.385 e. The molecule has 1 N–H and O–H groups in total. The summed E-state index contributed by atoms with van der Waals surface area (Å²) in [5.74, 6) is -0.0722. The maximum Gasteiger partial charge on any atom is 0.258 e. The van der Waals surface area contributed by atoms with Gasteiger partial charge in [0, 0.05) is 61.1 Å². The van der Waals surface area contributed by atoms with Gasteiger partial charge in [-0.25, -0.2) is 0 Å². The molecule has 3 aromatic rings. The Balaban J connectivity index is 1.66. The molecule has 4 rings (SSSR count). The molecule has 154 valence electrons. The standard InChI is InChI=1S/C24H25N3O3/c1-26-21-10-5-4-9-19(21)20(24(26)29)14-17-15-27(22-11-6-3-8-18(17)22)16-23(28)25-12-7-13-30-2/h3-6,8-11,14-15H,7,12-13,16H2,1-2H3,(H,25,28)/b20-14+. The molecule has 0 atom stereocenters. The third kappa shape index (κ3) is 3.74. The zero-order valence-electron chi connectivity index (χ0n) is 17.2. The van der Waals surface area contributed by atoms with Gasteiger partial charge in [-0.1, -0.05) is 36.4 Å². The van der Waals surface area contributed by atoms with Crippen LogP contribution >= 0.6 is 0 Å². The number of nitrogens with zero attached hydrogens (tertiary/aromatic N) is 2. The van der Waals surface area contributed by atoms with Gasteiger partial charge in [0.2, 0.25) is 5.91 Å². The number of carbonyl (C=O) groups is 2. The number of anilines is 1. The Morgan fingerprint density at radius 1 is 1.13 bits per heavy atom. The van der Waals surface area contributed by atoms with E-state index in [9.17, 15) is 9.59 Å². The lowest BCUT2D eigenvalue weighted by atomic mass is 10.0. The van der Waals surface area contributed by atoms with Crippen molar-refractivity contribution in [2.24, 2.45) is 0 Å². The number of aromatic nitrogens is 1. The van der Waals surface area contributed by atoms with Crippen LogP contribution in [0.5, 0.6) is 0 Å². The van der Waals surface area contributed by atoms with E-state index in [0.717, 1.165) is 34.1 Å². The maximum atomic E-state index is 12.8. The molecule has 6 heteroatoms. The number of hydrogen-bond acceptors (Lipinski definition) is 3. The van der Waals surface area contributed by atoms with Crippen LogP contribution in [0.1, 0.15) is 17.5 Å². The maximum absolute atomic E-state index is 12.8. The molecule has 2 amide bonds. The molecule has 2 aromatic carbocycles. The van der Waals surface area contributed by atoms with Gasteiger partial charge in [-0.05, 0) is 24.6 Å². The first-order chi connectivity index (χ1) is 14.6. The Morgan fingerprint density at radius 2 is 1.90 bits per heavy atom. The quantitative estimate of drug-likeness (QED) is 0.486. The summed E-state index contributed by atoms with van der Waals surface area (Å²) in [6, 6.07) is 15.7. The lowest BCUT2D eigenvalue weighted by Gasteiger charge is -2.07. The van der Waals surface area contributed by atoms with Crippen LogP contribution in [0.2, 0.25) is 0 Å². The molecular weight excluding hydrogens is 378 g/mol. The van der Waals surface area contributed by atoms with Gasteiger partial charge in [-0.3, -0.25) is 9.59 Å². The van der Waals surface area contributed by atoms with Crippen molar-refractivity contribution in [1.82, 2.24) is 9.88 Å². The Hall–Kier alpha value is -3.38. The predicted molar refractivity (Wildman–Crippen MR) is 119 cm³/mol. The van der Waals surface area contributed by atoms with Gasteiger partial charge in [0.05, 0.1) is 5.69 Å². The summed E-state index contributed by atoms with van der Waals surface area (Å²) < 4.78 is 6.95. The molecule has 0 saturated carbocycles. The van der Waals surface area contributed by atoms with Gasteiger partial charge in [0.15, 0.2) is 0 Å². The van der Waals surface area contributed by atoms with Crippen LogP contribution in [-0.4, -0.2) is 43.7 Å². The Bertz CT molecular complexity index is 1130. The molecule has 0 bridgehead atoms. The number of nitrogens with one attached hydrogen (secondary N) is 1. The minimum absolute atomic E-state index is 0.0242. The van der Waals surface area contributed by atoms with Crippen LogP contribution in [-0.2, 0) is 20.9 Å². The number of likely N-dealkylation sites (N-methyl/N-ethyl adjacent to an activating group) is 1. The van der Waals surface area contributed by atoms with E-state index in [0.29, 0.717) is 18.7 Å². The lowest BCUT2D eigenvalue weighted by Crippen LogP contribution is -2.28. The summed E-state index contributed by atoms with van der Waals surface area (Å²) in [5.41, 5.74) is 4.39. The first kappa shape index (κ1) is 19.9. The van der Waals surface area contributed by atoms with E-state index in [1.165, 1.54) is 0 Å². The third-order valence-corrected chi connectivity index (χ3v) is 5.37. The monoisotopic (exact) mass is 403 g/mol. The van der Waals surface area contributed by atoms with Gasteiger partial charge in [-0.2, -0.15) is 0 Å². The second-order valence-corrected chi connectivity index (χ2v) is 7.37. The van der Waals surface area contributed by atoms with Crippen molar-refractivity contribution < 1.29 is 14.3 Å². The normalized spacial score (nSPS) is 14.5. The topological polar surface area (TPSA) is 63.6 Å². The number of fused-ring (bicyclic) bond motifs is 2. The van der Waals surface area contributed by atoms with Crippen LogP contribution in [0.25, 0.3) is 22.6 Å². The number of hydrogen-bond donors (Lipinski definition) is 1. The van der Waals surface area contributed by atoms with E-state index < -0.39 is 0 Å². The predicted octanol–water partition coefficient (Wildman–Crippen LogP) is 3.31. The molecule has 30 heavy (non-hydrogen) atoms. The van der Waals surface area contributed by atoms with Gasteiger partial charge in [-0.15, -0.1) is 0 Å². The summed E-state index contributed by atoms with van der Waals surface area (Å²) in [6.07, 6.45) is 4.65. The fraction of sp³-hybridized carbons (Fsp3) is 0.250. The first-order valence-electron chi connectivity index (χ1n) is 10.0. The second kappa shape index (κ2) is 8.55. The Kier molecular flexibility index (Phi) is 5.68. The summed E-state index contributed by atoms with van der Waals surface area (Å²) in [5, 5.41) is 3.93. The summed E-state index contributed by atoms with van der Waals surface area (Å²) >= 11 is 0. The summed E-state index contributed by atoms with van der Waals surface area (Å²) in [4.78, 5) is 26.9. The highest BCUT2D eigenvalue weighted by Crippen LogP contribution is 2.37. The van der Waals surface area contributed by atoms with E-state index in [1.54, 1.807) is 19.1 Å². The molecule has 1 aromatic heterocycles. The second-order valence-electron chi connectivity index (χ2n) is 7.37. The molecule has 0 fully saturated rings. The van der Waals surface area contributed by atoms with Crippen LogP contribution in [0.15, 0.2) is 54.7 Å². The highest BCUT2D eigenvalue weighted by atomic mass is 16.5. The number of methoxy groups -OCH3 is 1. The SMILES string of the molecule is COCCCNC(=O)Cn1cc(/C=C2/C(=O)N(C)c3ccccc32)c2ccccc21. The van der Waals surface area contributed by atoms with Crippen molar-refractivity contribution in [3.8, 4) is 0 Å². The minimum atomic E-state index is -0.0481. The fourth-order valence-corrected chi connectivity index (χ4v) is 3.87. The van der Waals surface area contributed by atoms with Crippen molar-refractivity contribution in [2.75, 3.05) is 32.2 Å². The van der Waals surface area contributed by atoms with E-state index in [2.05, 4.69) is 5.32 Å². The van der Waals surface area contributed by atoms with Gasteiger partial charge in [0.1, 0.15) is 6.54 Å². The van der Waals surface area contributed by atoms with Gasteiger partial charge in [0.25, 0.3) is 5.91 Å². The number of benzene rings is 2. The molecule has 2 heterocycles. The zero-order valence-corrected chi connectivity index (χ0v) is 17.2. The minimum Gasteiger partial charge on any atom is -0.385 e. The van der Waals surface area contributed by atoms with Crippen molar-refractivity contribution in [3.63, 3.8) is 0 Å². The van der Waals surface area contributed by atoms with E-state index in [1.807, 2.05) is 65.4 Å². The lowest BCUT2D eigenvalue weighted by molar-refractivity contribution is -0.121. The Labute approximate surface area is 175 Å². The van der Waals surface area contributed by atoms with Gasteiger partial charge >= 0.3 is 0 Å². The van der Waals surface area contributed by atoms with Crippen molar-refractivity contribution in [2.45, 2.75) is 13.0 Å². The average Bonchev–Trinajstić information content (AvgIpc) is 3.22. The van der Waals surface area contributed by atoms with E-state index in [4.69, 9.17) is 4.74 Å². The molecule has 6 nitrogen and oxygen atoms in total. The first-order valence-corrected chi connectivity index (χ1v) is 10.0. The van der Waals surface area contributed by atoms with Crippen molar-refractivity contribution in [3.05, 3.63) is 65.9 Å². The van der Waals surface area contributed by atoms with Crippen molar-refractivity contribution >= 4 is 40.1 Å². The number of ether oxygens (including phenoxy) is 1. The third-order valence-electron chi connectivity index (χ3n) is 5.37. The molecule has 0 saturated heterocycles. The van der Waals surface area contributed by atoms with E-state index in [-0.39, 0.29) is 18.4 Å². The van der Waals surface area contributed by atoms with Crippen LogP contribution in [0, 0.1) is 0 Å². The van der Waals surface area contributed by atoms with Gasteiger partial charge < -0.3 is 19.5 Å². The molecule has 1 aliphatic rings. The fourth-order valence-electron chi connectivity index (χ4n) is 3.87. The highest BCUT2D eigenvalue weighted by molar-refractivity contribution is 6.36. The summed E-state index contributed by atoms with van der Waals surface area (Å²) in [7, 11) is 3.44. The average molecular weight is 403 g/mol. The molecule has 1 aliphatic heterocycles. The zero-order chi connectivity index (χ0) is 21.1. The molecular formula is C24H25N3O3.